The van der Waals surface area contributed by atoms with Gasteiger partial charge in [-0.05, 0) is 22.3 Å². The molecule has 1 aliphatic carbocycles. The van der Waals surface area contributed by atoms with Crippen LogP contribution in [0.2, 0.25) is 0 Å². The van der Waals surface area contributed by atoms with Gasteiger partial charge in [0.15, 0.2) is 0 Å². The second-order valence-corrected chi connectivity index (χ2v) is 4.73. The first kappa shape index (κ1) is 13.1. The Bertz CT molecular complexity index is 612. The van der Waals surface area contributed by atoms with Crippen LogP contribution in [0.5, 0.6) is 0 Å². The molecule has 0 N–H and O–H groups in total. The second kappa shape index (κ2) is 4.04. The Kier molecular flexibility index (Phi) is 2.64. The van der Waals surface area contributed by atoms with Crippen LogP contribution in [0.15, 0.2) is 48.5 Å². The molecular weight excluding hydrogens is 275 g/mol. The van der Waals surface area contributed by atoms with E-state index in [0.717, 1.165) is 0 Å². The summed E-state index contributed by atoms with van der Waals surface area (Å²) in [6.45, 7) is 0. The summed E-state index contributed by atoms with van der Waals surface area (Å²) in [5.41, 5.74) is 0.932. The van der Waals surface area contributed by atoms with Crippen molar-refractivity contribution in [1.82, 2.24) is 0 Å². The van der Waals surface area contributed by atoms with Crippen LogP contribution in [0.3, 0.4) is 0 Å². The molecular formula is C15H9F5. The van der Waals surface area contributed by atoms with E-state index in [1.165, 1.54) is 24.3 Å². The number of hydrogen-bond donors (Lipinski definition) is 0. The van der Waals surface area contributed by atoms with E-state index in [4.69, 9.17) is 0 Å². The molecule has 3 rings (SSSR count). The minimum absolute atomic E-state index is 0.0241. The Morgan fingerprint density at radius 1 is 0.650 bits per heavy atom. The summed E-state index contributed by atoms with van der Waals surface area (Å²) < 4.78 is 65.9. The molecule has 104 valence electrons. The highest BCUT2D eigenvalue weighted by molar-refractivity contribution is 5.79. The Morgan fingerprint density at radius 3 is 1.45 bits per heavy atom. The Hall–Kier alpha value is -1.91. The minimum Gasteiger partial charge on any atom is -0.195 e. The SMILES string of the molecule is FC(F)(F)C(F)(F)C1c2ccccc2-c2ccccc21. The molecule has 2 aromatic carbocycles. The zero-order valence-electron chi connectivity index (χ0n) is 10.1. The lowest BCUT2D eigenvalue weighted by molar-refractivity contribution is -0.287. The van der Waals surface area contributed by atoms with Crippen molar-refractivity contribution in [3.05, 3.63) is 59.7 Å². The van der Waals surface area contributed by atoms with Crippen LogP contribution in [0.25, 0.3) is 11.1 Å². The van der Waals surface area contributed by atoms with Crippen molar-refractivity contribution in [3.63, 3.8) is 0 Å². The molecule has 1 aliphatic rings. The van der Waals surface area contributed by atoms with E-state index in [9.17, 15) is 22.0 Å². The summed E-state index contributed by atoms with van der Waals surface area (Å²) in [5, 5.41) is 0. The molecule has 0 amide bonds. The molecule has 0 bridgehead atoms. The third-order valence-corrected chi connectivity index (χ3v) is 3.57. The average molecular weight is 284 g/mol. The van der Waals surface area contributed by atoms with Gasteiger partial charge in [-0.25, -0.2) is 0 Å². The number of benzene rings is 2. The van der Waals surface area contributed by atoms with Crippen molar-refractivity contribution in [2.45, 2.75) is 18.0 Å². The van der Waals surface area contributed by atoms with Crippen molar-refractivity contribution in [1.29, 1.82) is 0 Å². The lowest BCUT2D eigenvalue weighted by Crippen LogP contribution is -2.41. The topological polar surface area (TPSA) is 0 Å². The van der Waals surface area contributed by atoms with E-state index in [-0.39, 0.29) is 11.1 Å². The van der Waals surface area contributed by atoms with Crippen LogP contribution in [0, 0.1) is 0 Å². The summed E-state index contributed by atoms with van der Waals surface area (Å²) >= 11 is 0. The second-order valence-electron chi connectivity index (χ2n) is 4.73. The van der Waals surface area contributed by atoms with Crippen molar-refractivity contribution in [2.24, 2.45) is 0 Å². The largest absolute Gasteiger partial charge is 0.454 e. The summed E-state index contributed by atoms with van der Waals surface area (Å²) in [6.07, 6.45) is -5.58. The highest BCUT2D eigenvalue weighted by Gasteiger charge is 2.64. The molecule has 0 fully saturated rings. The van der Waals surface area contributed by atoms with Gasteiger partial charge in [0.2, 0.25) is 0 Å². The summed E-state index contributed by atoms with van der Waals surface area (Å²) in [5.74, 6) is -6.77. The Morgan fingerprint density at radius 2 is 1.05 bits per heavy atom. The van der Waals surface area contributed by atoms with Gasteiger partial charge in [-0.15, -0.1) is 0 Å². The third kappa shape index (κ3) is 1.65. The number of alkyl halides is 5. The quantitative estimate of drug-likeness (QED) is 0.647. The van der Waals surface area contributed by atoms with Gasteiger partial charge < -0.3 is 0 Å². The monoisotopic (exact) mass is 284 g/mol. The fourth-order valence-electron chi connectivity index (χ4n) is 2.71. The first-order chi connectivity index (χ1) is 9.34. The first-order valence-corrected chi connectivity index (χ1v) is 5.97. The predicted octanol–water partition coefficient (Wildman–Crippen LogP) is 5.00. The predicted molar refractivity (Wildman–Crippen MR) is 64.7 cm³/mol. The molecule has 0 heterocycles. The van der Waals surface area contributed by atoms with Crippen molar-refractivity contribution >= 4 is 0 Å². The Labute approximate surface area is 111 Å². The third-order valence-electron chi connectivity index (χ3n) is 3.57. The summed E-state index contributed by atoms with van der Waals surface area (Å²) in [4.78, 5) is 0. The zero-order chi connectivity index (χ0) is 14.5. The number of halogens is 5. The van der Waals surface area contributed by atoms with Crippen molar-refractivity contribution in [2.75, 3.05) is 0 Å². The van der Waals surface area contributed by atoms with Crippen LogP contribution in [-0.4, -0.2) is 12.1 Å². The molecule has 0 aliphatic heterocycles. The molecule has 0 radical (unpaired) electrons. The molecule has 0 spiro atoms. The van der Waals surface area contributed by atoms with Crippen LogP contribution in [-0.2, 0) is 0 Å². The van der Waals surface area contributed by atoms with Gasteiger partial charge in [-0.2, -0.15) is 22.0 Å². The van der Waals surface area contributed by atoms with Gasteiger partial charge in [0.1, 0.15) is 0 Å². The van der Waals surface area contributed by atoms with E-state index in [0.29, 0.717) is 11.1 Å². The fraction of sp³-hybridized carbons (Fsp3) is 0.200. The maximum atomic E-state index is 13.9. The van der Waals surface area contributed by atoms with Crippen LogP contribution in [0.4, 0.5) is 22.0 Å². The molecule has 0 unspecified atom stereocenters. The van der Waals surface area contributed by atoms with Crippen molar-refractivity contribution < 1.29 is 22.0 Å². The first-order valence-electron chi connectivity index (χ1n) is 5.97. The minimum atomic E-state index is -5.58. The molecule has 0 saturated heterocycles. The molecule has 0 aromatic heterocycles. The van der Waals surface area contributed by atoms with Gasteiger partial charge in [0, 0.05) is 0 Å². The maximum absolute atomic E-state index is 13.9. The van der Waals surface area contributed by atoms with Gasteiger partial charge in [0.25, 0.3) is 0 Å². The van der Waals surface area contributed by atoms with Crippen LogP contribution < -0.4 is 0 Å². The molecule has 5 heteroatoms. The zero-order valence-corrected chi connectivity index (χ0v) is 10.1. The number of fused-ring (bicyclic) bond motifs is 3. The highest BCUT2D eigenvalue weighted by Crippen LogP contribution is 2.55. The standard InChI is InChI=1S/C15H9F5/c16-14(17,15(18,19)20)13-11-7-3-1-5-9(11)10-6-2-4-8-12(10)13/h1-8,13H. The Balaban J connectivity index is 2.27. The van der Waals surface area contributed by atoms with Gasteiger partial charge in [-0.3, -0.25) is 0 Å². The summed E-state index contributed by atoms with van der Waals surface area (Å²) in [6, 6.07) is 12.0. The molecule has 0 saturated carbocycles. The smallest absolute Gasteiger partial charge is 0.195 e. The molecule has 0 atom stereocenters. The lowest BCUT2D eigenvalue weighted by Gasteiger charge is -2.27. The summed E-state index contributed by atoms with van der Waals surface area (Å²) in [7, 11) is 0. The van der Waals surface area contributed by atoms with E-state index >= 15 is 0 Å². The van der Waals surface area contributed by atoms with Gasteiger partial charge in [-0.1, -0.05) is 48.5 Å². The molecule has 2 aromatic rings. The molecule has 0 nitrogen and oxygen atoms in total. The lowest BCUT2D eigenvalue weighted by atomic mass is 9.90. The normalized spacial score (nSPS) is 15.1. The van der Waals surface area contributed by atoms with E-state index in [1.54, 1.807) is 24.3 Å². The van der Waals surface area contributed by atoms with Gasteiger partial charge >= 0.3 is 12.1 Å². The van der Waals surface area contributed by atoms with E-state index in [1.807, 2.05) is 0 Å². The number of rotatable bonds is 1. The van der Waals surface area contributed by atoms with Crippen LogP contribution >= 0.6 is 0 Å². The fourth-order valence-corrected chi connectivity index (χ4v) is 2.71. The van der Waals surface area contributed by atoms with E-state index < -0.39 is 18.0 Å². The molecule has 20 heavy (non-hydrogen) atoms. The van der Waals surface area contributed by atoms with Crippen LogP contribution in [0.1, 0.15) is 17.0 Å². The highest BCUT2D eigenvalue weighted by atomic mass is 19.4. The number of hydrogen-bond acceptors (Lipinski definition) is 0. The van der Waals surface area contributed by atoms with Crippen molar-refractivity contribution in [3.8, 4) is 11.1 Å². The average Bonchev–Trinajstić information content (AvgIpc) is 2.72. The van der Waals surface area contributed by atoms with E-state index in [2.05, 4.69) is 0 Å². The maximum Gasteiger partial charge on any atom is 0.454 e. The van der Waals surface area contributed by atoms with Gasteiger partial charge in [0.05, 0.1) is 5.92 Å².